The van der Waals surface area contributed by atoms with E-state index in [1.807, 2.05) is 60.4 Å². The Hall–Kier alpha value is -2.53. The Morgan fingerprint density at radius 2 is 1.74 bits per heavy atom. The lowest BCUT2D eigenvalue weighted by Crippen LogP contribution is -2.54. The zero-order valence-electron chi connectivity index (χ0n) is 16.3. The minimum absolute atomic E-state index is 0.0283. The number of para-hydroxylation sites is 3. The van der Waals surface area contributed by atoms with Crippen LogP contribution in [-0.2, 0) is 0 Å². The Kier molecular flexibility index (Phi) is 5.71. The van der Waals surface area contributed by atoms with Gasteiger partial charge in [-0.25, -0.2) is 0 Å². The van der Waals surface area contributed by atoms with Gasteiger partial charge in [0.05, 0.1) is 12.2 Å². The van der Waals surface area contributed by atoms with E-state index in [2.05, 4.69) is 13.8 Å². The number of hydrogen-bond donors (Lipinski definition) is 1. The third-order valence-electron chi connectivity index (χ3n) is 5.09. The lowest BCUT2D eigenvalue weighted by molar-refractivity contribution is 0.0530. The number of likely N-dealkylation sites (tertiary alicyclic amines) is 1. The van der Waals surface area contributed by atoms with E-state index in [1.54, 1.807) is 0 Å². The highest BCUT2D eigenvalue weighted by Gasteiger charge is 2.36. The van der Waals surface area contributed by atoms with Gasteiger partial charge in [0.25, 0.3) is 5.91 Å². The van der Waals surface area contributed by atoms with Crippen molar-refractivity contribution in [3.63, 3.8) is 0 Å². The van der Waals surface area contributed by atoms with Crippen molar-refractivity contribution in [2.24, 2.45) is 11.1 Å². The summed E-state index contributed by atoms with van der Waals surface area (Å²) in [4.78, 5) is 15.1. The molecule has 27 heavy (non-hydrogen) atoms. The second kappa shape index (κ2) is 8.01. The lowest BCUT2D eigenvalue weighted by Gasteiger charge is -2.42. The Balaban J connectivity index is 1.85. The van der Waals surface area contributed by atoms with E-state index in [9.17, 15) is 4.79 Å². The SMILES string of the molecule is CCOc1ccccc1Oc1ccccc1C(=O)N1CCC(N)C(C)(C)C1. The number of carbonyl (C=O) groups is 1. The largest absolute Gasteiger partial charge is 0.490 e. The predicted octanol–water partition coefficient (Wildman–Crippen LogP) is 4.08. The highest BCUT2D eigenvalue weighted by molar-refractivity contribution is 5.97. The van der Waals surface area contributed by atoms with Crippen molar-refractivity contribution in [2.75, 3.05) is 19.7 Å². The third-order valence-corrected chi connectivity index (χ3v) is 5.09. The molecule has 5 nitrogen and oxygen atoms in total. The Labute approximate surface area is 161 Å². The van der Waals surface area contributed by atoms with Gasteiger partial charge in [-0.15, -0.1) is 0 Å². The number of rotatable bonds is 5. The van der Waals surface area contributed by atoms with Gasteiger partial charge in [-0.3, -0.25) is 4.79 Å². The first kappa shape index (κ1) is 19.2. The molecule has 0 saturated carbocycles. The number of ether oxygens (including phenoxy) is 2. The highest BCUT2D eigenvalue weighted by Crippen LogP contribution is 2.34. The van der Waals surface area contributed by atoms with Gasteiger partial charge in [-0.05, 0) is 43.0 Å². The molecule has 3 rings (SSSR count). The maximum atomic E-state index is 13.2. The van der Waals surface area contributed by atoms with Crippen molar-refractivity contribution in [3.05, 3.63) is 54.1 Å². The Bertz CT molecular complexity index is 804. The van der Waals surface area contributed by atoms with Gasteiger partial charge in [0.15, 0.2) is 11.5 Å². The maximum Gasteiger partial charge on any atom is 0.257 e. The van der Waals surface area contributed by atoms with E-state index in [0.717, 1.165) is 6.42 Å². The quantitative estimate of drug-likeness (QED) is 0.864. The smallest absolute Gasteiger partial charge is 0.257 e. The van der Waals surface area contributed by atoms with Crippen LogP contribution in [0.5, 0.6) is 17.2 Å². The molecular weight excluding hydrogens is 340 g/mol. The second-order valence-corrected chi connectivity index (χ2v) is 7.59. The summed E-state index contributed by atoms with van der Waals surface area (Å²) < 4.78 is 11.7. The molecule has 0 aromatic heterocycles. The first-order valence-electron chi connectivity index (χ1n) is 9.46. The topological polar surface area (TPSA) is 64.8 Å². The van der Waals surface area contributed by atoms with Crippen LogP contribution in [0.3, 0.4) is 0 Å². The molecule has 1 aliphatic rings. The molecule has 1 fully saturated rings. The van der Waals surface area contributed by atoms with Crippen molar-refractivity contribution in [1.82, 2.24) is 4.90 Å². The zero-order valence-corrected chi connectivity index (χ0v) is 16.3. The van der Waals surface area contributed by atoms with Crippen molar-refractivity contribution in [3.8, 4) is 17.2 Å². The molecule has 2 aromatic carbocycles. The monoisotopic (exact) mass is 368 g/mol. The summed E-state index contributed by atoms with van der Waals surface area (Å²) in [6.45, 7) is 7.99. The number of hydrogen-bond acceptors (Lipinski definition) is 4. The fourth-order valence-electron chi connectivity index (χ4n) is 3.38. The first-order chi connectivity index (χ1) is 12.9. The Morgan fingerprint density at radius 3 is 2.41 bits per heavy atom. The summed E-state index contributed by atoms with van der Waals surface area (Å²) in [5, 5.41) is 0. The van der Waals surface area contributed by atoms with Gasteiger partial charge in [-0.1, -0.05) is 38.1 Å². The zero-order chi connectivity index (χ0) is 19.4. The summed E-state index contributed by atoms with van der Waals surface area (Å²) in [5.41, 5.74) is 6.66. The predicted molar refractivity (Wildman–Crippen MR) is 106 cm³/mol. The summed E-state index contributed by atoms with van der Waals surface area (Å²) >= 11 is 0. The molecule has 0 aliphatic carbocycles. The van der Waals surface area contributed by atoms with Crippen molar-refractivity contribution in [1.29, 1.82) is 0 Å². The van der Waals surface area contributed by atoms with Gasteiger partial charge in [0.1, 0.15) is 5.75 Å². The van der Waals surface area contributed by atoms with E-state index >= 15 is 0 Å². The van der Waals surface area contributed by atoms with Crippen LogP contribution in [0.25, 0.3) is 0 Å². The van der Waals surface area contributed by atoms with Crippen LogP contribution in [0.15, 0.2) is 48.5 Å². The molecule has 1 saturated heterocycles. The molecule has 144 valence electrons. The summed E-state index contributed by atoms with van der Waals surface area (Å²) in [5.74, 6) is 1.76. The third kappa shape index (κ3) is 4.25. The van der Waals surface area contributed by atoms with Gasteiger partial charge in [0.2, 0.25) is 0 Å². The van der Waals surface area contributed by atoms with Crippen LogP contribution in [0.4, 0.5) is 0 Å². The standard InChI is InChI=1S/C22H28N2O3/c1-4-26-18-11-7-8-12-19(18)27-17-10-6-5-9-16(17)21(25)24-14-13-20(23)22(2,3)15-24/h5-12,20H,4,13-15,23H2,1-3H3. The number of nitrogens with zero attached hydrogens (tertiary/aromatic N) is 1. The molecule has 1 aliphatic heterocycles. The minimum atomic E-state index is -0.106. The maximum absolute atomic E-state index is 13.2. The van der Waals surface area contributed by atoms with Crippen LogP contribution >= 0.6 is 0 Å². The molecule has 0 bridgehead atoms. The van der Waals surface area contributed by atoms with Gasteiger partial charge in [-0.2, -0.15) is 0 Å². The normalized spacial score (nSPS) is 18.8. The number of carbonyl (C=O) groups excluding carboxylic acids is 1. The fraction of sp³-hybridized carbons (Fsp3) is 0.409. The second-order valence-electron chi connectivity index (χ2n) is 7.59. The van der Waals surface area contributed by atoms with Crippen molar-refractivity contribution < 1.29 is 14.3 Å². The van der Waals surface area contributed by atoms with Gasteiger partial charge in [0, 0.05) is 19.1 Å². The highest BCUT2D eigenvalue weighted by atomic mass is 16.5. The molecule has 1 unspecified atom stereocenters. The lowest BCUT2D eigenvalue weighted by atomic mass is 9.79. The molecule has 0 spiro atoms. The number of nitrogens with two attached hydrogens (primary N) is 1. The van der Waals surface area contributed by atoms with Crippen LogP contribution < -0.4 is 15.2 Å². The molecule has 2 aromatic rings. The number of benzene rings is 2. The van der Waals surface area contributed by atoms with Gasteiger partial charge >= 0.3 is 0 Å². The van der Waals surface area contributed by atoms with Crippen LogP contribution in [0, 0.1) is 5.41 Å². The average Bonchev–Trinajstić information content (AvgIpc) is 2.65. The van der Waals surface area contributed by atoms with E-state index in [1.165, 1.54) is 0 Å². The average molecular weight is 368 g/mol. The van der Waals surface area contributed by atoms with Crippen molar-refractivity contribution >= 4 is 5.91 Å². The molecule has 1 amide bonds. The van der Waals surface area contributed by atoms with E-state index < -0.39 is 0 Å². The summed E-state index contributed by atoms with van der Waals surface area (Å²) in [7, 11) is 0. The Morgan fingerprint density at radius 1 is 1.11 bits per heavy atom. The van der Waals surface area contributed by atoms with E-state index in [-0.39, 0.29) is 17.4 Å². The molecule has 0 radical (unpaired) electrons. The summed E-state index contributed by atoms with van der Waals surface area (Å²) in [6, 6.07) is 14.9. The molecule has 1 atom stereocenters. The van der Waals surface area contributed by atoms with Crippen LogP contribution in [0.2, 0.25) is 0 Å². The number of piperidine rings is 1. The van der Waals surface area contributed by atoms with E-state index in [0.29, 0.717) is 42.5 Å². The van der Waals surface area contributed by atoms with Gasteiger partial charge < -0.3 is 20.1 Å². The van der Waals surface area contributed by atoms with Crippen LogP contribution in [0.1, 0.15) is 37.6 Å². The minimum Gasteiger partial charge on any atom is -0.490 e. The van der Waals surface area contributed by atoms with Crippen LogP contribution in [-0.4, -0.2) is 36.5 Å². The molecule has 5 heteroatoms. The first-order valence-corrected chi connectivity index (χ1v) is 9.46. The van der Waals surface area contributed by atoms with E-state index in [4.69, 9.17) is 15.2 Å². The van der Waals surface area contributed by atoms with Crippen molar-refractivity contribution in [2.45, 2.75) is 33.2 Å². The molecule has 2 N–H and O–H groups in total. The molecule has 1 heterocycles. The number of amides is 1. The summed E-state index contributed by atoms with van der Waals surface area (Å²) in [6.07, 6.45) is 0.801. The molecular formula is C22H28N2O3. The fourth-order valence-corrected chi connectivity index (χ4v) is 3.38.